The zero-order valence-corrected chi connectivity index (χ0v) is 11.2. The fourth-order valence-corrected chi connectivity index (χ4v) is 1.43. The maximum Gasteiger partial charge on any atom is 0.319 e. The molecule has 1 aromatic rings. The molecule has 108 valence electrons. The van der Waals surface area contributed by atoms with E-state index in [1.165, 1.54) is 0 Å². The highest BCUT2D eigenvalue weighted by Crippen LogP contribution is 2.09. The Hall–Kier alpha value is -2.34. The molecule has 0 unspecified atom stereocenters. The second-order valence-electron chi connectivity index (χ2n) is 4.03. The van der Waals surface area contributed by atoms with Crippen LogP contribution in [0.15, 0.2) is 36.9 Å². The summed E-state index contributed by atoms with van der Waals surface area (Å²) in [6, 6.07) is 6.20. The van der Waals surface area contributed by atoms with Crippen LogP contribution in [0.1, 0.15) is 16.8 Å². The summed E-state index contributed by atoms with van der Waals surface area (Å²) in [6.45, 7) is 4.37. The van der Waals surface area contributed by atoms with Crippen LogP contribution in [0.25, 0.3) is 0 Å². The van der Waals surface area contributed by atoms with E-state index in [9.17, 15) is 9.59 Å². The molecule has 1 aromatic carbocycles. The lowest BCUT2D eigenvalue weighted by molar-refractivity contribution is 0.0958. The third-order valence-electron chi connectivity index (χ3n) is 2.43. The Morgan fingerprint density at radius 2 is 1.90 bits per heavy atom. The number of aliphatic hydroxyl groups excluding tert-OH is 1. The van der Waals surface area contributed by atoms with E-state index in [0.29, 0.717) is 30.8 Å². The van der Waals surface area contributed by atoms with E-state index in [2.05, 4.69) is 22.5 Å². The molecule has 0 saturated carbocycles. The number of carbonyl (C=O) groups excluding carboxylic acids is 2. The highest BCUT2D eigenvalue weighted by Gasteiger charge is 2.05. The topological polar surface area (TPSA) is 90.5 Å². The standard InChI is InChI=1S/C14H19N3O3/c1-2-8-15-13(19)11-4-6-12(7-5-11)17-14(20)16-9-3-10-18/h2,4-7,18H,1,3,8-10H2,(H,15,19)(H2,16,17,20). The first-order chi connectivity index (χ1) is 9.67. The van der Waals surface area contributed by atoms with Gasteiger partial charge in [0.15, 0.2) is 0 Å². The van der Waals surface area contributed by atoms with Gasteiger partial charge < -0.3 is 21.1 Å². The lowest BCUT2D eigenvalue weighted by Gasteiger charge is -2.08. The summed E-state index contributed by atoms with van der Waals surface area (Å²) < 4.78 is 0. The first-order valence-electron chi connectivity index (χ1n) is 6.32. The predicted octanol–water partition coefficient (Wildman–Crippen LogP) is 1.11. The van der Waals surface area contributed by atoms with Crippen LogP contribution in [0.4, 0.5) is 10.5 Å². The van der Waals surface area contributed by atoms with Crippen molar-refractivity contribution in [2.45, 2.75) is 6.42 Å². The smallest absolute Gasteiger partial charge is 0.319 e. The maximum atomic E-state index is 11.6. The first-order valence-corrected chi connectivity index (χ1v) is 6.32. The zero-order chi connectivity index (χ0) is 14.8. The van der Waals surface area contributed by atoms with Crippen molar-refractivity contribution in [1.82, 2.24) is 10.6 Å². The Kier molecular flexibility index (Phi) is 6.84. The molecule has 0 aliphatic carbocycles. The summed E-state index contributed by atoms with van der Waals surface area (Å²) in [5.74, 6) is -0.191. The molecule has 0 bridgehead atoms. The Labute approximate surface area is 117 Å². The number of urea groups is 1. The fourth-order valence-electron chi connectivity index (χ4n) is 1.43. The van der Waals surface area contributed by atoms with Gasteiger partial charge >= 0.3 is 6.03 Å². The van der Waals surface area contributed by atoms with Crippen molar-refractivity contribution in [2.24, 2.45) is 0 Å². The van der Waals surface area contributed by atoms with Gasteiger partial charge in [-0.05, 0) is 30.7 Å². The number of benzene rings is 1. The largest absolute Gasteiger partial charge is 0.396 e. The van der Waals surface area contributed by atoms with Gasteiger partial charge in [-0.3, -0.25) is 4.79 Å². The Morgan fingerprint density at radius 1 is 1.20 bits per heavy atom. The number of amides is 3. The van der Waals surface area contributed by atoms with E-state index >= 15 is 0 Å². The molecule has 0 atom stereocenters. The van der Waals surface area contributed by atoms with Gasteiger partial charge in [-0.1, -0.05) is 6.08 Å². The van der Waals surface area contributed by atoms with Gasteiger partial charge in [0.25, 0.3) is 5.91 Å². The molecule has 0 aromatic heterocycles. The molecule has 20 heavy (non-hydrogen) atoms. The molecular formula is C14H19N3O3. The molecule has 3 amide bonds. The average Bonchev–Trinajstić information content (AvgIpc) is 2.46. The lowest BCUT2D eigenvalue weighted by Crippen LogP contribution is -2.30. The van der Waals surface area contributed by atoms with Crippen LogP contribution in [0.5, 0.6) is 0 Å². The molecule has 0 aliphatic rings. The van der Waals surface area contributed by atoms with Crippen molar-refractivity contribution in [3.8, 4) is 0 Å². The molecule has 6 nitrogen and oxygen atoms in total. The van der Waals surface area contributed by atoms with E-state index in [1.807, 2.05) is 0 Å². The molecule has 0 heterocycles. The van der Waals surface area contributed by atoms with Gasteiger partial charge in [-0.25, -0.2) is 4.79 Å². The second-order valence-corrected chi connectivity index (χ2v) is 4.03. The van der Waals surface area contributed by atoms with Crippen molar-refractivity contribution >= 4 is 17.6 Å². The Bertz CT molecular complexity index is 457. The molecule has 0 aliphatic heterocycles. The lowest BCUT2D eigenvalue weighted by atomic mass is 10.2. The number of aliphatic hydroxyl groups is 1. The number of carbonyl (C=O) groups is 2. The number of hydrogen-bond donors (Lipinski definition) is 4. The van der Waals surface area contributed by atoms with Crippen LogP contribution in [0.3, 0.4) is 0 Å². The first kappa shape index (κ1) is 15.7. The molecule has 0 saturated heterocycles. The second kappa shape index (κ2) is 8.71. The zero-order valence-electron chi connectivity index (χ0n) is 11.2. The molecule has 0 fully saturated rings. The van der Waals surface area contributed by atoms with Crippen molar-refractivity contribution < 1.29 is 14.7 Å². The van der Waals surface area contributed by atoms with Gasteiger partial charge in [0.1, 0.15) is 0 Å². The normalized spacial score (nSPS) is 9.65. The summed E-state index contributed by atoms with van der Waals surface area (Å²) >= 11 is 0. The summed E-state index contributed by atoms with van der Waals surface area (Å²) in [5, 5.41) is 16.5. The van der Waals surface area contributed by atoms with Gasteiger partial charge in [0, 0.05) is 30.9 Å². The van der Waals surface area contributed by atoms with Crippen LogP contribution in [-0.4, -0.2) is 36.7 Å². The monoisotopic (exact) mass is 277 g/mol. The minimum Gasteiger partial charge on any atom is -0.396 e. The van der Waals surface area contributed by atoms with Crippen LogP contribution < -0.4 is 16.0 Å². The molecule has 0 spiro atoms. The Morgan fingerprint density at radius 3 is 2.50 bits per heavy atom. The van der Waals surface area contributed by atoms with Crippen molar-refractivity contribution in [2.75, 3.05) is 25.0 Å². The van der Waals surface area contributed by atoms with Crippen molar-refractivity contribution in [1.29, 1.82) is 0 Å². The minimum absolute atomic E-state index is 0.0365. The third-order valence-corrected chi connectivity index (χ3v) is 2.43. The fraction of sp³-hybridized carbons (Fsp3) is 0.286. The molecule has 0 radical (unpaired) electrons. The number of rotatable bonds is 7. The van der Waals surface area contributed by atoms with Gasteiger partial charge in [-0.15, -0.1) is 6.58 Å². The summed E-state index contributed by atoms with van der Waals surface area (Å²) in [4.78, 5) is 23.1. The van der Waals surface area contributed by atoms with Crippen LogP contribution in [-0.2, 0) is 0 Å². The van der Waals surface area contributed by atoms with Crippen molar-refractivity contribution in [3.63, 3.8) is 0 Å². The Balaban J connectivity index is 2.47. The molecule has 4 N–H and O–H groups in total. The van der Waals surface area contributed by atoms with E-state index in [0.717, 1.165) is 0 Å². The maximum absolute atomic E-state index is 11.6. The number of hydrogen-bond acceptors (Lipinski definition) is 3. The summed E-state index contributed by atoms with van der Waals surface area (Å²) in [5.41, 5.74) is 1.10. The number of anilines is 1. The van der Waals surface area contributed by atoms with E-state index < -0.39 is 0 Å². The van der Waals surface area contributed by atoms with Crippen LogP contribution in [0, 0.1) is 0 Å². The minimum atomic E-state index is -0.345. The van der Waals surface area contributed by atoms with E-state index in [-0.39, 0.29) is 18.5 Å². The van der Waals surface area contributed by atoms with Crippen molar-refractivity contribution in [3.05, 3.63) is 42.5 Å². The summed E-state index contributed by atoms with van der Waals surface area (Å²) in [6.07, 6.45) is 2.11. The average molecular weight is 277 g/mol. The third kappa shape index (κ3) is 5.53. The predicted molar refractivity (Wildman–Crippen MR) is 77.7 cm³/mol. The van der Waals surface area contributed by atoms with E-state index in [1.54, 1.807) is 30.3 Å². The van der Waals surface area contributed by atoms with Gasteiger partial charge in [-0.2, -0.15) is 0 Å². The molecular weight excluding hydrogens is 258 g/mol. The van der Waals surface area contributed by atoms with Crippen LogP contribution in [0.2, 0.25) is 0 Å². The highest BCUT2D eigenvalue weighted by atomic mass is 16.3. The molecule has 6 heteroatoms. The summed E-state index contributed by atoms with van der Waals surface area (Å²) in [7, 11) is 0. The quantitative estimate of drug-likeness (QED) is 0.444. The van der Waals surface area contributed by atoms with Gasteiger partial charge in [0.2, 0.25) is 0 Å². The SMILES string of the molecule is C=CCNC(=O)c1ccc(NC(=O)NCCCO)cc1. The van der Waals surface area contributed by atoms with E-state index in [4.69, 9.17) is 5.11 Å². The van der Waals surface area contributed by atoms with Crippen LogP contribution >= 0.6 is 0 Å². The number of nitrogens with one attached hydrogen (secondary N) is 3. The molecule has 1 rings (SSSR count). The van der Waals surface area contributed by atoms with Gasteiger partial charge in [0.05, 0.1) is 0 Å². The highest BCUT2D eigenvalue weighted by molar-refractivity contribution is 5.95.